The van der Waals surface area contributed by atoms with Crippen molar-refractivity contribution in [2.75, 3.05) is 27.4 Å². The molecular weight excluding hydrogens is 246 g/mol. The van der Waals surface area contributed by atoms with Crippen LogP contribution in [0.4, 0.5) is 0 Å². The zero-order valence-corrected chi connectivity index (χ0v) is 11.4. The Labute approximate surface area is 106 Å². The summed E-state index contributed by atoms with van der Waals surface area (Å²) in [7, 11) is 3.37. The number of nitrogens with one attached hydrogen (secondary N) is 1. The molecule has 1 aromatic rings. The van der Waals surface area contributed by atoms with Gasteiger partial charge in [0.15, 0.2) is 0 Å². The standard InChI is InChI=1S/C11H18ClNO2S/c1-8(9-4-11(12)16-7-9)13-5-10(15-3)6-14-2/h4,7-8,10,13H,5-6H2,1-3H3. The Bertz CT molecular complexity index is 306. The quantitative estimate of drug-likeness (QED) is 0.821. The van der Waals surface area contributed by atoms with Gasteiger partial charge < -0.3 is 14.8 Å². The van der Waals surface area contributed by atoms with Crippen LogP contribution in [0.3, 0.4) is 0 Å². The Kier molecular flexibility index (Phi) is 6.31. The van der Waals surface area contributed by atoms with E-state index in [-0.39, 0.29) is 12.1 Å². The Hall–Kier alpha value is -0.130. The van der Waals surface area contributed by atoms with Crippen LogP contribution in [0, 0.1) is 0 Å². The van der Waals surface area contributed by atoms with Gasteiger partial charge in [-0.1, -0.05) is 11.6 Å². The van der Waals surface area contributed by atoms with Gasteiger partial charge in [0.2, 0.25) is 0 Å². The summed E-state index contributed by atoms with van der Waals surface area (Å²) in [6, 6.07) is 2.26. The van der Waals surface area contributed by atoms with E-state index in [9.17, 15) is 0 Å². The minimum Gasteiger partial charge on any atom is -0.382 e. The van der Waals surface area contributed by atoms with E-state index in [2.05, 4.69) is 17.6 Å². The highest BCUT2D eigenvalue weighted by Crippen LogP contribution is 2.24. The maximum atomic E-state index is 5.89. The first-order valence-corrected chi connectivity index (χ1v) is 6.42. The fraction of sp³-hybridized carbons (Fsp3) is 0.636. The van der Waals surface area contributed by atoms with E-state index >= 15 is 0 Å². The van der Waals surface area contributed by atoms with Crippen molar-refractivity contribution in [1.82, 2.24) is 5.32 Å². The predicted molar refractivity (Wildman–Crippen MR) is 68.4 cm³/mol. The Morgan fingerprint density at radius 2 is 2.25 bits per heavy atom. The number of hydrogen-bond acceptors (Lipinski definition) is 4. The van der Waals surface area contributed by atoms with Gasteiger partial charge in [-0.25, -0.2) is 0 Å². The van der Waals surface area contributed by atoms with Gasteiger partial charge in [-0.3, -0.25) is 0 Å². The lowest BCUT2D eigenvalue weighted by atomic mass is 10.2. The van der Waals surface area contributed by atoms with Crippen LogP contribution >= 0.6 is 22.9 Å². The van der Waals surface area contributed by atoms with Crippen molar-refractivity contribution in [3.63, 3.8) is 0 Å². The van der Waals surface area contributed by atoms with E-state index < -0.39 is 0 Å². The SMILES string of the molecule is COCC(CNC(C)c1csc(Cl)c1)OC. The largest absolute Gasteiger partial charge is 0.382 e. The molecule has 0 spiro atoms. The monoisotopic (exact) mass is 263 g/mol. The van der Waals surface area contributed by atoms with Gasteiger partial charge in [0.05, 0.1) is 17.0 Å². The van der Waals surface area contributed by atoms with Crippen LogP contribution in [0.1, 0.15) is 18.5 Å². The van der Waals surface area contributed by atoms with Gasteiger partial charge >= 0.3 is 0 Å². The van der Waals surface area contributed by atoms with Crippen LogP contribution in [0.25, 0.3) is 0 Å². The Balaban J connectivity index is 2.36. The van der Waals surface area contributed by atoms with E-state index in [1.54, 1.807) is 25.6 Å². The first-order valence-electron chi connectivity index (χ1n) is 5.16. The highest BCUT2D eigenvalue weighted by molar-refractivity contribution is 7.14. The fourth-order valence-electron chi connectivity index (χ4n) is 1.37. The normalized spacial score (nSPS) is 15.0. The minimum atomic E-state index is 0.0848. The molecule has 16 heavy (non-hydrogen) atoms. The van der Waals surface area contributed by atoms with E-state index in [1.807, 2.05) is 6.07 Å². The molecule has 0 aliphatic rings. The second-order valence-electron chi connectivity index (χ2n) is 3.63. The van der Waals surface area contributed by atoms with Gasteiger partial charge in [0.1, 0.15) is 0 Å². The molecule has 0 saturated heterocycles. The van der Waals surface area contributed by atoms with Crippen molar-refractivity contribution in [3.8, 4) is 0 Å². The molecule has 0 bridgehead atoms. The predicted octanol–water partition coefficient (Wildman–Crippen LogP) is 2.71. The molecular formula is C11H18ClNO2S. The van der Waals surface area contributed by atoms with Crippen molar-refractivity contribution in [2.45, 2.75) is 19.1 Å². The van der Waals surface area contributed by atoms with Crippen molar-refractivity contribution < 1.29 is 9.47 Å². The van der Waals surface area contributed by atoms with Crippen molar-refractivity contribution in [1.29, 1.82) is 0 Å². The topological polar surface area (TPSA) is 30.5 Å². The lowest BCUT2D eigenvalue weighted by Crippen LogP contribution is -2.33. The van der Waals surface area contributed by atoms with Crippen molar-refractivity contribution in [2.24, 2.45) is 0 Å². The number of hydrogen-bond donors (Lipinski definition) is 1. The highest BCUT2D eigenvalue weighted by atomic mass is 35.5. The molecule has 0 radical (unpaired) electrons. The van der Waals surface area contributed by atoms with E-state index in [1.165, 1.54) is 5.56 Å². The van der Waals surface area contributed by atoms with E-state index in [0.717, 1.165) is 10.9 Å². The summed E-state index contributed by atoms with van der Waals surface area (Å²) in [5.74, 6) is 0. The average molecular weight is 264 g/mol. The average Bonchev–Trinajstić information content (AvgIpc) is 2.70. The molecule has 0 saturated carbocycles. The zero-order chi connectivity index (χ0) is 12.0. The summed E-state index contributed by atoms with van der Waals surface area (Å²) in [5, 5.41) is 5.46. The first kappa shape index (κ1) is 13.9. The second kappa shape index (κ2) is 7.25. The van der Waals surface area contributed by atoms with E-state index in [0.29, 0.717) is 6.61 Å². The lowest BCUT2D eigenvalue weighted by molar-refractivity contribution is 0.0276. The highest BCUT2D eigenvalue weighted by Gasteiger charge is 2.11. The maximum absolute atomic E-state index is 5.89. The third-order valence-electron chi connectivity index (χ3n) is 2.43. The molecule has 1 N–H and O–H groups in total. The van der Waals surface area contributed by atoms with E-state index in [4.69, 9.17) is 21.1 Å². The van der Waals surface area contributed by atoms with Crippen LogP contribution in [0.2, 0.25) is 4.34 Å². The van der Waals surface area contributed by atoms with Gasteiger partial charge in [-0.05, 0) is 23.9 Å². The second-order valence-corrected chi connectivity index (χ2v) is 5.17. The molecule has 1 heterocycles. The summed E-state index contributed by atoms with van der Waals surface area (Å²) in [5.41, 5.74) is 1.21. The number of thiophene rings is 1. The Morgan fingerprint density at radius 3 is 2.75 bits per heavy atom. The molecule has 5 heteroatoms. The molecule has 92 valence electrons. The molecule has 0 aliphatic carbocycles. The molecule has 2 unspecified atom stereocenters. The molecule has 2 atom stereocenters. The summed E-state index contributed by atoms with van der Waals surface area (Å²) in [4.78, 5) is 0. The fourth-order valence-corrected chi connectivity index (χ4v) is 2.36. The summed E-state index contributed by atoms with van der Waals surface area (Å²) in [6.45, 7) is 3.47. The molecule has 0 aliphatic heterocycles. The smallest absolute Gasteiger partial charge is 0.0931 e. The van der Waals surface area contributed by atoms with Crippen LogP contribution < -0.4 is 5.32 Å². The molecule has 0 amide bonds. The first-order chi connectivity index (χ1) is 7.67. The zero-order valence-electron chi connectivity index (χ0n) is 9.83. The molecule has 0 aromatic carbocycles. The molecule has 3 nitrogen and oxygen atoms in total. The third kappa shape index (κ3) is 4.39. The minimum absolute atomic E-state index is 0.0848. The van der Waals surface area contributed by atoms with Crippen LogP contribution in [-0.4, -0.2) is 33.5 Å². The number of rotatable bonds is 7. The van der Waals surface area contributed by atoms with Crippen LogP contribution in [0.15, 0.2) is 11.4 Å². The van der Waals surface area contributed by atoms with Gasteiger partial charge in [0.25, 0.3) is 0 Å². The maximum Gasteiger partial charge on any atom is 0.0931 e. The number of methoxy groups -OCH3 is 2. The van der Waals surface area contributed by atoms with Crippen molar-refractivity contribution in [3.05, 3.63) is 21.3 Å². The third-order valence-corrected chi connectivity index (χ3v) is 3.53. The number of ether oxygens (including phenoxy) is 2. The van der Waals surface area contributed by atoms with Crippen molar-refractivity contribution >= 4 is 22.9 Å². The summed E-state index contributed by atoms with van der Waals surface area (Å²) in [6.07, 6.45) is 0.0848. The molecule has 1 rings (SSSR count). The van der Waals surface area contributed by atoms with Gasteiger partial charge in [0, 0.05) is 26.8 Å². The number of halogens is 1. The van der Waals surface area contributed by atoms with Gasteiger partial charge in [-0.15, -0.1) is 11.3 Å². The van der Waals surface area contributed by atoms with Gasteiger partial charge in [-0.2, -0.15) is 0 Å². The molecule has 0 fully saturated rings. The lowest BCUT2D eigenvalue weighted by Gasteiger charge is -2.18. The molecule has 1 aromatic heterocycles. The van der Waals surface area contributed by atoms with Crippen LogP contribution in [-0.2, 0) is 9.47 Å². The summed E-state index contributed by atoms with van der Waals surface area (Å²) < 4.78 is 11.1. The van der Waals surface area contributed by atoms with Crippen LogP contribution in [0.5, 0.6) is 0 Å². The summed E-state index contributed by atoms with van der Waals surface area (Å²) >= 11 is 7.44. The Morgan fingerprint density at radius 1 is 1.50 bits per heavy atom.